The van der Waals surface area contributed by atoms with Gasteiger partial charge in [-0.1, -0.05) is 6.92 Å². The maximum atomic E-state index is 5.95. The summed E-state index contributed by atoms with van der Waals surface area (Å²) in [4.78, 5) is 5.18. The van der Waals surface area contributed by atoms with Crippen molar-refractivity contribution in [2.45, 2.75) is 38.3 Å². The molecule has 2 N–H and O–H groups in total. The molecule has 1 heterocycles. The molecule has 2 rings (SSSR count). The summed E-state index contributed by atoms with van der Waals surface area (Å²) in [6, 6.07) is 1.27. The van der Waals surface area contributed by atoms with Gasteiger partial charge in [-0.3, -0.25) is 4.90 Å². The second-order valence-corrected chi connectivity index (χ2v) is 4.70. The molecule has 0 bridgehead atoms. The number of rotatable bonds is 2. The Kier molecular flexibility index (Phi) is 3.42. The molecule has 3 nitrogen and oxygen atoms in total. The molecule has 2 aliphatic rings. The van der Waals surface area contributed by atoms with Crippen molar-refractivity contribution in [2.75, 3.05) is 32.7 Å². The third kappa shape index (κ3) is 2.27. The lowest BCUT2D eigenvalue weighted by Crippen LogP contribution is -2.49. The quantitative estimate of drug-likeness (QED) is 0.700. The Hall–Kier alpha value is -0.120. The first-order valence-corrected chi connectivity index (χ1v) is 6.01. The predicted molar refractivity (Wildman–Crippen MR) is 59.3 cm³/mol. The molecule has 0 aromatic rings. The van der Waals surface area contributed by atoms with Crippen molar-refractivity contribution in [2.24, 2.45) is 5.73 Å². The molecule has 14 heavy (non-hydrogen) atoms. The van der Waals surface area contributed by atoms with Gasteiger partial charge in [0.25, 0.3) is 0 Å². The maximum absolute atomic E-state index is 5.95. The van der Waals surface area contributed by atoms with Crippen LogP contribution in [0, 0.1) is 0 Å². The molecular weight excluding hydrogens is 174 g/mol. The molecule has 0 aromatic carbocycles. The minimum Gasteiger partial charge on any atom is -0.328 e. The highest BCUT2D eigenvalue weighted by molar-refractivity contribution is 4.87. The monoisotopic (exact) mass is 197 g/mol. The zero-order valence-electron chi connectivity index (χ0n) is 9.28. The Morgan fingerprint density at radius 1 is 1.14 bits per heavy atom. The number of hydrogen-bond acceptors (Lipinski definition) is 3. The zero-order chi connectivity index (χ0) is 9.97. The molecule has 2 unspecified atom stereocenters. The van der Waals surface area contributed by atoms with Crippen LogP contribution in [0.25, 0.3) is 0 Å². The molecule has 1 aliphatic heterocycles. The summed E-state index contributed by atoms with van der Waals surface area (Å²) in [6.07, 6.45) is 3.79. The van der Waals surface area contributed by atoms with Crippen LogP contribution in [0.2, 0.25) is 0 Å². The molecule has 0 radical (unpaired) electrons. The average molecular weight is 197 g/mol. The molecule has 1 saturated carbocycles. The number of nitrogens with zero attached hydrogens (tertiary/aromatic N) is 2. The normalized spacial score (nSPS) is 36.4. The summed E-state index contributed by atoms with van der Waals surface area (Å²) in [5.41, 5.74) is 5.95. The average Bonchev–Trinajstić information content (AvgIpc) is 2.65. The van der Waals surface area contributed by atoms with Crippen molar-refractivity contribution in [3.05, 3.63) is 0 Å². The van der Waals surface area contributed by atoms with E-state index >= 15 is 0 Å². The summed E-state index contributed by atoms with van der Waals surface area (Å²) in [7, 11) is 0. The molecule has 0 spiro atoms. The van der Waals surface area contributed by atoms with Gasteiger partial charge in [0.2, 0.25) is 0 Å². The molecule has 2 fully saturated rings. The SMILES string of the molecule is CCN1CCN(C2CCC(N)C2)CC1. The first kappa shape index (κ1) is 10.4. The zero-order valence-corrected chi connectivity index (χ0v) is 9.28. The van der Waals surface area contributed by atoms with Crippen molar-refractivity contribution in [3.8, 4) is 0 Å². The van der Waals surface area contributed by atoms with E-state index in [9.17, 15) is 0 Å². The van der Waals surface area contributed by atoms with Crippen LogP contribution in [0.3, 0.4) is 0 Å². The third-order valence-electron chi connectivity index (χ3n) is 3.82. The van der Waals surface area contributed by atoms with E-state index in [1.54, 1.807) is 0 Å². The molecule has 0 aromatic heterocycles. The standard InChI is InChI=1S/C11H23N3/c1-2-13-5-7-14(8-6-13)11-4-3-10(12)9-11/h10-11H,2-9,12H2,1H3. The predicted octanol–water partition coefficient (Wildman–Crippen LogP) is 0.504. The third-order valence-corrected chi connectivity index (χ3v) is 3.82. The fourth-order valence-electron chi connectivity index (χ4n) is 2.77. The topological polar surface area (TPSA) is 32.5 Å². The highest BCUT2D eigenvalue weighted by Gasteiger charge is 2.28. The Labute approximate surface area is 87.2 Å². The Balaban J connectivity index is 1.78. The van der Waals surface area contributed by atoms with Gasteiger partial charge in [0, 0.05) is 38.3 Å². The Morgan fingerprint density at radius 3 is 2.36 bits per heavy atom. The van der Waals surface area contributed by atoms with Gasteiger partial charge in [-0.05, 0) is 25.8 Å². The first-order chi connectivity index (χ1) is 6.79. The van der Waals surface area contributed by atoms with Crippen molar-refractivity contribution in [1.82, 2.24) is 9.80 Å². The minimum atomic E-state index is 0.476. The highest BCUT2D eigenvalue weighted by atomic mass is 15.3. The van der Waals surface area contributed by atoms with Gasteiger partial charge in [0.05, 0.1) is 0 Å². The van der Waals surface area contributed by atoms with Gasteiger partial charge < -0.3 is 10.6 Å². The molecule has 82 valence electrons. The van der Waals surface area contributed by atoms with Gasteiger partial charge in [-0.2, -0.15) is 0 Å². The molecule has 1 saturated heterocycles. The van der Waals surface area contributed by atoms with Crippen LogP contribution in [0.1, 0.15) is 26.2 Å². The van der Waals surface area contributed by atoms with E-state index in [-0.39, 0.29) is 0 Å². The number of hydrogen-bond donors (Lipinski definition) is 1. The van der Waals surface area contributed by atoms with Crippen LogP contribution in [0.15, 0.2) is 0 Å². The van der Waals surface area contributed by atoms with Crippen LogP contribution in [0.5, 0.6) is 0 Å². The lowest BCUT2D eigenvalue weighted by Gasteiger charge is -2.37. The van der Waals surface area contributed by atoms with E-state index in [2.05, 4.69) is 16.7 Å². The smallest absolute Gasteiger partial charge is 0.0113 e. The second-order valence-electron chi connectivity index (χ2n) is 4.70. The van der Waals surface area contributed by atoms with Crippen LogP contribution in [-0.2, 0) is 0 Å². The molecule has 2 atom stereocenters. The van der Waals surface area contributed by atoms with Gasteiger partial charge in [0.1, 0.15) is 0 Å². The van der Waals surface area contributed by atoms with Gasteiger partial charge >= 0.3 is 0 Å². The van der Waals surface area contributed by atoms with E-state index in [0.29, 0.717) is 6.04 Å². The maximum Gasteiger partial charge on any atom is 0.0113 e. The first-order valence-electron chi connectivity index (χ1n) is 6.01. The van der Waals surface area contributed by atoms with Crippen LogP contribution in [0.4, 0.5) is 0 Å². The number of piperazine rings is 1. The van der Waals surface area contributed by atoms with Gasteiger partial charge in [-0.15, -0.1) is 0 Å². The molecule has 0 amide bonds. The summed E-state index contributed by atoms with van der Waals surface area (Å²) in [5, 5.41) is 0. The fraction of sp³-hybridized carbons (Fsp3) is 1.00. The molecular formula is C11H23N3. The molecule has 1 aliphatic carbocycles. The molecule has 3 heteroatoms. The van der Waals surface area contributed by atoms with Crippen molar-refractivity contribution in [1.29, 1.82) is 0 Å². The largest absolute Gasteiger partial charge is 0.328 e. The van der Waals surface area contributed by atoms with Crippen LogP contribution >= 0.6 is 0 Å². The van der Waals surface area contributed by atoms with E-state index in [1.165, 1.54) is 52.0 Å². The van der Waals surface area contributed by atoms with Crippen LogP contribution < -0.4 is 5.73 Å². The van der Waals surface area contributed by atoms with E-state index in [1.807, 2.05) is 0 Å². The summed E-state index contributed by atoms with van der Waals surface area (Å²) in [5.74, 6) is 0. The van der Waals surface area contributed by atoms with Crippen LogP contribution in [-0.4, -0.2) is 54.6 Å². The van der Waals surface area contributed by atoms with E-state index in [0.717, 1.165) is 6.04 Å². The van der Waals surface area contributed by atoms with Crippen molar-refractivity contribution in [3.63, 3.8) is 0 Å². The van der Waals surface area contributed by atoms with Gasteiger partial charge in [-0.25, -0.2) is 0 Å². The van der Waals surface area contributed by atoms with E-state index < -0.39 is 0 Å². The lowest BCUT2D eigenvalue weighted by molar-refractivity contribution is 0.101. The fourth-order valence-corrected chi connectivity index (χ4v) is 2.77. The van der Waals surface area contributed by atoms with Crippen molar-refractivity contribution >= 4 is 0 Å². The minimum absolute atomic E-state index is 0.476. The summed E-state index contributed by atoms with van der Waals surface area (Å²) >= 11 is 0. The van der Waals surface area contributed by atoms with Crippen molar-refractivity contribution < 1.29 is 0 Å². The lowest BCUT2D eigenvalue weighted by atomic mass is 10.1. The van der Waals surface area contributed by atoms with Gasteiger partial charge in [0.15, 0.2) is 0 Å². The number of likely N-dealkylation sites (N-methyl/N-ethyl adjacent to an activating group) is 1. The summed E-state index contributed by atoms with van der Waals surface area (Å²) in [6.45, 7) is 8.47. The van der Waals surface area contributed by atoms with E-state index in [4.69, 9.17) is 5.73 Å². The Morgan fingerprint density at radius 2 is 1.86 bits per heavy atom. The highest BCUT2D eigenvalue weighted by Crippen LogP contribution is 2.23. The Bertz CT molecular complexity index is 175. The second kappa shape index (κ2) is 4.60. The summed E-state index contributed by atoms with van der Waals surface area (Å²) < 4.78 is 0. The number of nitrogens with two attached hydrogens (primary N) is 1.